The second kappa shape index (κ2) is 4.67. The molecular formula is C13H16N2O2. The number of ketones is 1. The van der Waals surface area contributed by atoms with Crippen LogP contribution in [0.3, 0.4) is 0 Å². The highest BCUT2D eigenvalue weighted by Gasteiger charge is 2.11. The highest BCUT2D eigenvalue weighted by Crippen LogP contribution is 2.22. The first kappa shape index (κ1) is 11.8. The van der Waals surface area contributed by atoms with Crippen molar-refractivity contribution in [2.75, 3.05) is 13.6 Å². The molecule has 0 unspecified atom stereocenters. The minimum Gasteiger partial charge on any atom is -0.440 e. The lowest BCUT2D eigenvalue weighted by atomic mass is 10.1. The van der Waals surface area contributed by atoms with Crippen molar-refractivity contribution in [3.8, 4) is 0 Å². The van der Waals surface area contributed by atoms with Crippen molar-refractivity contribution in [2.24, 2.45) is 0 Å². The molecule has 0 fully saturated rings. The Morgan fingerprint density at radius 3 is 2.88 bits per heavy atom. The fraction of sp³-hybridized carbons (Fsp3) is 0.385. The third kappa shape index (κ3) is 2.36. The van der Waals surface area contributed by atoms with E-state index in [0.29, 0.717) is 18.0 Å². The van der Waals surface area contributed by atoms with E-state index >= 15 is 0 Å². The van der Waals surface area contributed by atoms with Crippen molar-refractivity contribution in [1.29, 1.82) is 0 Å². The van der Waals surface area contributed by atoms with E-state index in [-0.39, 0.29) is 11.7 Å². The molecule has 4 nitrogen and oxygen atoms in total. The van der Waals surface area contributed by atoms with Crippen LogP contribution in [-0.2, 0) is 0 Å². The first-order valence-electron chi connectivity index (χ1n) is 5.70. The molecule has 17 heavy (non-hydrogen) atoms. The lowest BCUT2D eigenvalue weighted by molar-refractivity contribution is 0.0993. The number of aromatic nitrogens is 1. The number of nitrogens with zero attached hydrogens (tertiary/aromatic N) is 1. The molecule has 0 spiro atoms. The standard InChI is InChI=1S/C13H16N2O2/c1-8(2)13-15-10-6-9(11(16)7-14-3)4-5-12(10)17-13/h4-6,8,14H,7H2,1-3H3. The zero-order chi connectivity index (χ0) is 12.4. The molecule has 1 N–H and O–H groups in total. The first-order valence-corrected chi connectivity index (χ1v) is 5.70. The molecule has 0 saturated carbocycles. The summed E-state index contributed by atoms with van der Waals surface area (Å²) in [7, 11) is 1.75. The molecule has 0 radical (unpaired) electrons. The van der Waals surface area contributed by atoms with Gasteiger partial charge in [0.2, 0.25) is 0 Å². The summed E-state index contributed by atoms with van der Waals surface area (Å²) in [5.74, 6) is 1.01. The van der Waals surface area contributed by atoms with Gasteiger partial charge in [-0.15, -0.1) is 0 Å². The Labute approximate surface area is 100 Å². The van der Waals surface area contributed by atoms with Gasteiger partial charge in [-0.2, -0.15) is 0 Å². The lowest BCUT2D eigenvalue weighted by Crippen LogP contribution is -2.18. The van der Waals surface area contributed by atoms with Crippen LogP contribution in [0.5, 0.6) is 0 Å². The van der Waals surface area contributed by atoms with E-state index < -0.39 is 0 Å². The van der Waals surface area contributed by atoms with E-state index in [1.807, 2.05) is 13.8 Å². The fourth-order valence-electron chi connectivity index (χ4n) is 1.63. The van der Waals surface area contributed by atoms with E-state index in [1.165, 1.54) is 0 Å². The van der Waals surface area contributed by atoms with Gasteiger partial charge in [-0.3, -0.25) is 4.79 Å². The van der Waals surface area contributed by atoms with Gasteiger partial charge in [0.15, 0.2) is 17.3 Å². The molecule has 0 aliphatic carbocycles. The second-order valence-electron chi connectivity index (χ2n) is 4.34. The number of carbonyl (C=O) groups excluding carboxylic acids is 1. The predicted octanol–water partition coefficient (Wildman–Crippen LogP) is 2.35. The summed E-state index contributed by atoms with van der Waals surface area (Å²) in [6.07, 6.45) is 0. The number of hydrogen-bond acceptors (Lipinski definition) is 4. The van der Waals surface area contributed by atoms with E-state index in [2.05, 4.69) is 10.3 Å². The zero-order valence-corrected chi connectivity index (χ0v) is 10.3. The number of rotatable bonds is 4. The van der Waals surface area contributed by atoms with E-state index in [1.54, 1.807) is 25.2 Å². The molecular weight excluding hydrogens is 216 g/mol. The zero-order valence-electron chi connectivity index (χ0n) is 10.3. The largest absolute Gasteiger partial charge is 0.440 e. The smallest absolute Gasteiger partial charge is 0.198 e. The Hall–Kier alpha value is -1.68. The van der Waals surface area contributed by atoms with Crippen LogP contribution < -0.4 is 5.32 Å². The van der Waals surface area contributed by atoms with Crippen molar-refractivity contribution in [1.82, 2.24) is 10.3 Å². The molecule has 4 heteroatoms. The number of hydrogen-bond donors (Lipinski definition) is 1. The molecule has 2 rings (SSSR count). The maximum Gasteiger partial charge on any atom is 0.198 e. The minimum absolute atomic E-state index is 0.0588. The highest BCUT2D eigenvalue weighted by atomic mass is 16.3. The van der Waals surface area contributed by atoms with Crippen LogP contribution in [0.4, 0.5) is 0 Å². The molecule has 2 aromatic rings. The van der Waals surface area contributed by atoms with Crippen LogP contribution in [-0.4, -0.2) is 24.4 Å². The molecule has 0 saturated heterocycles. The summed E-state index contributed by atoms with van der Waals surface area (Å²) in [5.41, 5.74) is 2.14. The molecule has 0 amide bonds. The molecule has 1 aromatic heterocycles. The van der Waals surface area contributed by atoms with Gasteiger partial charge in [-0.05, 0) is 25.2 Å². The van der Waals surface area contributed by atoms with E-state index in [0.717, 1.165) is 11.1 Å². The highest BCUT2D eigenvalue weighted by molar-refractivity contribution is 5.99. The predicted molar refractivity (Wildman–Crippen MR) is 66.4 cm³/mol. The van der Waals surface area contributed by atoms with Crippen LogP contribution in [0.15, 0.2) is 22.6 Å². The molecule has 0 atom stereocenters. The Balaban J connectivity index is 2.40. The molecule has 1 heterocycles. The second-order valence-corrected chi connectivity index (χ2v) is 4.34. The average molecular weight is 232 g/mol. The fourth-order valence-corrected chi connectivity index (χ4v) is 1.63. The molecule has 0 bridgehead atoms. The maximum absolute atomic E-state index is 11.7. The molecule has 0 aliphatic heterocycles. The number of nitrogens with one attached hydrogen (secondary N) is 1. The van der Waals surface area contributed by atoms with Crippen molar-refractivity contribution in [3.05, 3.63) is 29.7 Å². The van der Waals surface area contributed by atoms with Crippen LogP contribution in [0.2, 0.25) is 0 Å². The Morgan fingerprint density at radius 2 is 2.24 bits per heavy atom. The van der Waals surface area contributed by atoms with Gasteiger partial charge in [0.05, 0.1) is 6.54 Å². The van der Waals surface area contributed by atoms with Crippen molar-refractivity contribution >= 4 is 16.9 Å². The first-order chi connectivity index (χ1) is 8.11. The SMILES string of the molecule is CNCC(=O)c1ccc2oc(C(C)C)nc2c1. The van der Waals surface area contributed by atoms with Gasteiger partial charge in [0.1, 0.15) is 5.52 Å². The molecule has 1 aromatic carbocycles. The van der Waals surface area contributed by atoms with Crippen LogP contribution in [0, 0.1) is 0 Å². The van der Waals surface area contributed by atoms with Gasteiger partial charge >= 0.3 is 0 Å². The Kier molecular flexibility index (Phi) is 3.24. The van der Waals surface area contributed by atoms with Crippen molar-refractivity contribution in [2.45, 2.75) is 19.8 Å². The van der Waals surface area contributed by atoms with Gasteiger partial charge in [-0.25, -0.2) is 4.98 Å². The van der Waals surface area contributed by atoms with Gasteiger partial charge < -0.3 is 9.73 Å². The number of oxazole rings is 1. The normalized spacial score (nSPS) is 11.3. The summed E-state index contributed by atoms with van der Waals surface area (Å²) in [6, 6.07) is 5.36. The van der Waals surface area contributed by atoms with Crippen molar-refractivity contribution in [3.63, 3.8) is 0 Å². The van der Waals surface area contributed by atoms with E-state index in [9.17, 15) is 4.79 Å². The average Bonchev–Trinajstić information content (AvgIpc) is 2.71. The maximum atomic E-state index is 11.7. The summed E-state index contributed by atoms with van der Waals surface area (Å²) >= 11 is 0. The van der Waals surface area contributed by atoms with Crippen molar-refractivity contribution < 1.29 is 9.21 Å². The summed E-state index contributed by atoms with van der Waals surface area (Å²) in [6.45, 7) is 4.38. The van der Waals surface area contributed by atoms with Crippen LogP contribution >= 0.6 is 0 Å². The third-order valence-electron chi connectivity index (χ3n) is 2.56. The quantitative estimate of drug-likeness (QED) is 0.822. The van der Waals surface area contributed by atoms with Gasteiger partial charge in [0, 0.05) is 11.5 Å². The Morgan fingerprint density at radius 1 is 1.47 bits per heavy atom. The van der Waals surface area contributed by atoms with Crippen LogP contribution in [0.1, 0.15) is 36.0 Å². The number of benzene rings is 1. The molecule has 0 aliphatic rings. The lowest BCUT2D eigenvalue weighted by Gasteiger charge is -1.98. The van der Waals surface area contributed by atoms with E-state index in [4.69, 9.17) is 4.42 Å². The van der Waals surface area contributed by atoms with Gasteiger partial charge in [0.25, 0.3) is 0 Å². The number of fused-ring (bicyclic) bond motifs is 1. The monoisotopic (exact) mass is 232 g/mol. The number of Topliss-reactive ketones (excluding diaryl/α,β-unsaturated/α-hetero) is 1. The molecule has 90 valence electrons. The number of carbonyl (C=O) groups is 1. The van der Waals surface area contributed by atoms with Crippen LogP contribution in [0.25, 0.3) is 11.1 Å². The summed E-state index contributed by atoms with van der Waals surface area (Å²) in [5, 5.41) is 2.84. The number of likely N-dealkylation sites (N-methyl/N-ethyl adjacent to an activating group) is 1. The Bertz CT molecular complexity index is 543. The third-order valence-corrected chi connectivity index (χ3v) is 2.56. The topological polar surface area (TPSA) is 55.1 Å². The summed E-state index contributed by atoms with van der Waals surface area (Å²) < 4.78 is 5.59. The minimum atomic E-state index is 0.0588. The van der Waals surface area contributed by atoms with Gasteiger partial charge in [-0.1, -0.05) is 13.8 Å². The summed E-state index contributed by atoms with van der Waals surface area (Å²) in [4.78, 5) is 16.1.